The first kappa shape index (κ1) is 27.1. The van der Waals surface area contributed by atoms with E-state index in [1.807, 2.05) is 6.07 Å². The van der Waals surface area contributed by atoms with Gasteiger partial charge in [0.15, 0.2) is 11.0 Å². The van der Waals surface area contributed by atoms with Gasteiger partial charge in [-0.05, 0) is 75.5 Å². The van der Waals surface area contributed by atoms with Crippen LogP contribution in [-0.2, 0) is 4.79 Å². The van der Waals surface area contributed by atoms with Gasteiger partial charge in [0.05, 0.1) is 6.04 Å². The zero-order valence-electron chi connectivity index (χ0n) is 22.8. The topological polar surface area (TPSA) is 102 Å². The summed E-state index contributed by atoms with van der Waals surface area (Å²) in [5.41, 5.74) is 0.565. The normalized spacial score (nSPS) is 25.3. The molecular weight excluding hydrogens is 534 g/mol. The Morgan fingerprint density at radius 3 is 2.44 bits per heavy atom. The largest absolute Gasteiger partial charge is 0.355 e. The molecule has 1 spiro atoms. The highest BCUT2D eigenvalue weighted by molar-refractivity contribution is 7.19. The number of nitrogens with one attached hydrogen (secondary N) is 2. The van der Waals surface area contributed by atoms with Gasteiger partial charge in [0.2, 0.25) is 16.2 Å². The number of amides is 1. The summed E-state index contributed by atoms with van der Waals surface area (Å²) in [6, 6.07) is 3.79. The second kappa shape index (κ2) is 11.8. The molecular formula is C27H40ClN9OS. The van der Waals surface area contributed by atoms with E-state index in [-0.39, 0.29) is 18.0 Å². The van der Waals surface area contributed by atoms with Crippen molar-refractivity contribution in [3.05, 3.63) is 17.3 Å². The summed E-state index contributed by atoms with van der Waals surface area (Å²) in [6.07, 6.45) is 11.4. The van der Waals surface area contributed by atoms with E-state index in [9.17, 15) is 4.79 Å². The molecule has 2 aromatic heterocycles. The van der Waals surface area contributed by atoms with Gasteiger partial charge in [0.1, 0.15) is 0 Å². The Morgan fingerprint density at radius 2 is 1.72 bits per heavy atom. The van der Waals surface area contributed by atoms with Crippen LogP contribution in [0.1, 0.15) is 57.8 Å². The Labute approximate surface area is 239 Å². The summed E-state index contributed by atoms with van der Waals surface area (Å²) in [7, 11) is 2.17. The lowest BCUT2D eigenvalue weighted by molar-refractivity contribution is -0.125. The molecule has 6 rings (SSSR count). The van der Waals surface area contributed by atoms with Crippen molar-refractivity contribution < 1.29 is 4.79 Å². The van der Waals surface area contributed by atoms with E-state index in [1.165, 1.54) is 49.9 Å². The van der Waals surface area contributed by atoms with Crippen LogP contribution in [0, 0.1) is 11.3 Å². The molecule has 0 aromatic carbocycles. The highest BCUT2D eigenvalue weighted by Crippen LogP contribution is 2.51. The predicted molar refractivity (Wildman–Crippen MR) is 156 cm³/mol. The molecule has 2 N–H and O–H groups in total. The number of likely N-dealkylation sites (N-methyl/N-ethyl adjacent to an activating group) is 1. The van der Waals surface area contributed by atoms with E-state index < -0.39 is 0 Å². The van der Waals surface area contributed by atoms with Gasteiger partial charge in [-0.15, -0.1) is 20.4 Å². The molecule has 2 saturated heterocycles. The number of aromatic nitrogens is 4. The molecule has 10 nitrogen and oxygen atoms in total. The van der Waals surface area contributed by atoms with Crippen molar-refractivity contribution in [1.82, 2.24) is 30.2 Å². The number of piperazine rings is 1. The maximum Gasteiger partial charge on any atom is 0.243 e. The van der Waals surface area contributed by atoms with Crippen LogP contribution in [0.2, 0.25) is 5.15 Å². The van der Waals surface area contributed by atoms with Gasteiger partial charge in [0, 0.05) is 45.3 Å². The molecule has 4 heterocycles. The van der Waals surface area contributed by atoms with Crippen molar-refractivity contribution in [3.63, 3.8) is 0 Å². The monoisotopic (exact) mass is 573 g/mol. The molecule has 4 fully saturated rings. The standard InChI is InChI=1S/C27H40ClN9OS/c1-35-14-16-36(17-15-35)23(19-6-11-27(12-7-19)9-2-3-10-27)24(38)30-26-34-33-25(39-26)29-20-8-13-37(18-20)22-5-4-21(28)31-32-22/h4-5,19-20,23H,2-3,6-18H2,1H3,(H,29,33)(H,30,34,38)/t20-,23?/m1/s1. The summed E-state index contributed by atoms with van der Waals surface area (Å²) >= 11 is 7.30. The Kier molecular flexibility index (Phi) is 8.20. The molecule has 0 bridgehead atoms. The zero-order valence-corrected chi connectivity index (χ0v) is 24.4. The lowest BCUT2D eigenvalue weighted by atomic mass is 9.67. The minimum absolute atomic E-state index is 0.0861. The molecule has 212 valence electrons. The zero-order chi connectivity index (χ0) is 26.8. The number of anilines is 3. The first-order chi connectivity index (χ1) is 19.0. The fourth-order valence-corrected chi connectivity index (χ4v) is 8.05. The van der Waals surface area contributed by atoms with Gasteiger partial charge in [-0.3, -0.25) is 15.0 Å². The van der Waals surface area contributed by atoms with Crippen molar-refractivity contribution in [1.29, 1.82) is 0 Å². The molecule has 2 aromatic rings. The molecule has 1 unspecified atom stereocenters. The first-order valence-corrected chi connectivity index (χ1v) is 15.7. The van der Waals surface area contributed by atoms with Crippen molar-refractivity contribution in [2.75, 3.05) is 61.8 Å². The number of rotatable bonds is 7. The third-order valence-electron chi connectivity index (χ3n) is 9.51. The second-order valence-corrected chi connectivity index (χ2v) is 13.4. The fraction of sp³-hybridized carbons (Fsp3) is 0.741. The fourth-order valence-electron chi connectivity index (χ4n) is 7.22. The second-order valence-electron chi connectivity index (χ2n) is 12.0. The summed E-state index contributed by atoms with van der Waals surface area (Å²) in [5.74, 6) is 1.32. The highest BCUT2D eigenvalue weighted by atomic mass is 35.5. The summed E-state index contributed by atoms with van der Waals surface area (Å²) < 4.78 is 0. The van der Waals surface area contributed by atoms with Gasteiger partial charge in [-0.1, -0.05) is 35.8 Å². The first-order valence-electron chi connectivity index (χ1n) is 14.5. The number of nitrogens with zero attached hydrogens (tertiary/aromatic N) is 7. The Bertz CT molecular complexity index is 1110. The van der Waals surface area contributed by atoms with Crippen LogP contribution in [0.5, 0.6) is 0 Å². The van der Waals surface area contributed by atoms with E-state index in [2.05, 4.69) is 52.8 Å². The van der Waals surface area contributed by atoms with Gasteiger partial charge in [0.25, 0.3) is 0 Å². The maximum atomic E-state index is 13.8. The SMILES string of the molecule is CN1CCN(C(C(=O)Nc2nnc(N[C@@H]3CCN(c4ccc(Cl)nn4)C3)s2)C2CCC3(CCCC3)CC2)CC1. The van der Waals surface area contributed by atoms with E-state index in [0.717, 1.165) is 69.5 Å². The van der Waals surface area contributed by atoms with Gasteiger partial charge in [-0.2, -0.15) is 0 Å². The number of hydrogen-bond donors (Lipinski definition) is 2. The average Bonchev–Trinajstić information content (AvgIpc) is 3.70. The van der Waals surface area contributed by atoms with Crippen LogP contribution in [-0.4, -0.2) is 94.5 Å². The van der Waals surface area contributed by atoms with Crippen LogP contribution in [0.4, 0.5) is 16.1 Å². The Hall–Kier alpha value is -2.08. The lowest BCUT2D eigenvalue weighted by Gasteiger charge is -2.44. The maximum absolute atomic E-state index is 13.8. The summed E-state index contributed by atoms with van der Waals surface area (Å²) in [4.78, 5) is 20.8. The van der Waals surface area contributed by atoms with Crippen LogP contribution in [0.25, 0.3) is 0 Å². The number of halogens is 1. The minimum Gasteiger partial charge on any atom is -0.355 e. The summed E-state index contributed by atoms with van der Waals surface area (Å²) in [5, 5.41) is 25.2. The lowest BCUT2D eigenvalue weighted by Crippen LogP contribution is -2.56. The van der Waals surface area contributed by atoms with E-state index >= 15 is 0 Å². The Balaban J connectivity index is 1.07. The summed E-state index contributed by atoms with van der Waals surface area (Å²) in [6.45, 7) is 5.57. The van der Waals surface area contributed by atoms with Gasteiger partial charge in [-0.25, -0.2) is 0 Å². The van der Waals surface area contributed by atoms with Gasteiger partial charge < -0.3 is 15.1 Å². The molecule has 2 atom stereocenters. The van der Waals surface area contributed by atoms with Crippen LogP contribution >= 0.6 is 22.9 Å². The van der Waals surface area contributed by atoms with Crippen LogP contribution in [0.3, 0.4) is 0 Å². The van der Waals surface area contributed by atoms with Crippen molar-refractivity contribution in [2.45, 2.75) is 69.9 Å². The predicted octanol–water partition coefficient (Wildman–Crippen LogP) is 3.98. The van der Waals surface area contributed by atoms with Gasteiger partial charge >= 0.3 is 0 Å². The quantitative estimate of drug-likeness (QED) is 0.509. The van der Waals surface area contributed by atoms with E-state index in [0.29, 0.717) is 21.6 Å². The molecule has 4 aliphatic rings. The Morgan fingerprint density at radius 1 is 0.974 bits per heavy atom. The highest BCUT2D eigenvalue weighted by Gasteiger charge is 2.43. The van der Waals surface area contributed by atoms with Crippen LogP contribution in [0.15, 0.2) is 12.1 Å². The molecule has 0 radical (unpaired) electrons. The molecule has 2 aliphatic carbocycles. The molecule has 2 aliphatic heterocycles. The number of hydrogen-bond acceptors (Lipinski definition) is 10. The third-order valence-corrected chi connectivity index (χ3v) is 10.5. The van der Waals surface area contributed by atoms with E-state index in [4.69, 9.17) is 11.6 Å². The minimum atomic E-state index is -0.0957. The van der Waals surface area contributed by atoms with Crippen LogP contribution < -0.4 is 15.5 Å². The van der Waals surface area contributed by atoms with E-state index in [1.54, 1.807) is 6.07 Å². The molecule has 39 heavy (non-hydrogen) atoms. The average molecular weight is 574 g/mol. The molecule has 1 amide bonds. The smallest absolute Gasteiger partial charge is 0.243 e. The van der Waals surface area contributed by atoms with Crippen molar-refractivity contribution in [2.24, 2.45) is 11.3 Å². The number of carbonyl (C=O) groups is 1. The number of carbonyl (C=O) groups excluding carboxylic acids is 1. The molecule has 2 saturated carbocycles. The van der Waals surface area contributed by atoms with Crippen molar-refractivity contribution >= 4 is 44.9 Å². The third kappa shape index (κ3) is 6.31. The van der Waals surface area contributed by atoms with Crippen molar-refractivity contribution in [3.8, 4) is 0 Å². The molecule has 12 heteroatoms.